The van der Waals surface area contributed by atoms with E-state index in [4.69, 9.17) is 11.6 Å². The number of likely N-dealkylation sites (N-methyl/N-ethyl adjacent to an activating group) is 1. The first-order chi connectivity index (χ1) is 9.04. The Kier molecular flexibility index (Phi) is 4.32. The SMILES string of the molecule is CCC1CN(c2cccc(Cl)c2C(=O)O)CCN1C. The van der Waals surface area contributed by atoms with Gasteiger partial charge >= 0.3 is 5.97 Å². The lowest BCUT2D eigenvalue weighted by Crippen LogP contribution is -2.51. The van der Waals surface area contributed by atoms with Crippen molar-refractivity contribution in [3.05, 3.63) is 28.8 Å². The predicted octanol–water partition coefficient (Wildman–Crippen LogP) is 2.57. The topological polar surface area (TPSA) is 43.8 Å². The molecular formula is C14H19ClN2O2. The Labute approximate surface area is 118 Å². The summed E-state index contributed by atoms with van der Waals surface area (Å²) >= 11 is 6.02. The van der Waals surface area contributed by atoms with E-state index in [9.17, 15) is 9.90 Å². The second-order valence-electron chi connectivity index (χ2n) is 4.93. The summed E-state index contributed by atoms with van der Waals surface area (Å²) in [5.41, 5.74) is 0.940. The lowest BCUT2D eigenvalue weighted by Gasteiger charge is -2.40. The number of halogens is 1. The number of rotatable bonds is 3. The number of carbonyl (C=O) groups is 1. The minimum atomic E-state index is -0.965. The first kappa shape index (κ1) is 14.2. The molecule has 5 heteroatoms. The molecule has 2 rings (SSSR count). The third-order valence-corrected chi connectivity index (χ3v) is 4.11. The van der Waals surface area contributed by atoms with Gasteiger partial charge < -0.3 is 10.0 Å². The number of hydrogen-bond acceptors (Lipinski definition) is 3. The smallest absolute Gasteiger partial charge is 0.339 e. The number of carboxylic acid groups (broad SMARTS) is 1. The quantitative estimate of drug-likeness (QED) is 0.925. The average molecular weight is 283 g/mol. The molecule has 0 aliphatic carbocycles. The Hall–Kier alpha value is -1.26. The summed E-state index contributed by atoms with van der Waals surface area (Å²) in [6.07, 6.45) is 1.05. The van der Waals surface area contributed by atoms with Crippen LogP contribution in [0.1, 0.15) is 23.7 Å². The van der Waals surface area contributed by atoms with Crippen molar-refractivity contribution in [3.8, 4) is 0 Å². The van der Waals surface area contributed by atoms with Gasteiger partial charge in [-0.15, -0.1) is 0 Å². The molecule has 0 saturated carbocycles. The Morgan fingerprint density at radius 3 is 2.84 bits per heavy atom. The highest BCUT2D eigenvalue weighted by Crippen LogP contribution is 2.29. The molecule has 4 nitrogen and oxygen atoms in total. The van der Waals surface area contributed by atoms with Gasteiger partial charge in [0.2, 0.25) is 0 Å². The summed E-state index contributed by atoms with van der Waals surface area (Å²) in [4.78, 5) is 15.8. The Balaban J connectivity index is 2.32. The Morgan fingerprint density at radius 1 is 1.47 bits per heavy atom. The summed E-state index contributed by atoms with van der Waals surface area (Å²) < 4.78 is 0. The van der Waals surface area contributed by atoms with Gasteiger partial charge in [0.05, 0.1) is 10.7 Å². The highest BCUT2D eigenvalue weighted by Gasteiger charge is 2.26. The maximum Gasteiger partial charge on any atom is 0.339 e. The molecule has 0 aromatic heterocycles. The normalized spacial score (nSPS) is 20.6. The summed E-state index contributed by atoms with van der Waals surface area (Å²) in [7, 11) is 2.11. The van der Waals surface area contributed by atoms with E-state index >= 15 is 0 Å². The Bertz CT molecular complexity index is 479. The van der Waals surface area contributed by atoms with E-state index in [1.165, 1.54) is 0 Å². The zero-order valence-electron chi connectivity index (χ0n) is 11.3. The van der Waals surface area contributed by atoms with Crippen LogP contribution < -0.4 is 4.90 Å². The molecule has 1 aromatic carbocycles. The highest BCUT2D eigenvalue weighted by atomic mass is 35.5. The van der Waals surface area contributed by atoms with Crippen molar-refractivity contribution in [2.45, 2.75) is 19.4 Å². The monoisotopic (exact) mass is 282 g/mol. The van der Waals surface area contributed by atoms with E-state index in [1.54, 1.807) is 6.07 Å². The summed E-state index contributed by atoms with van der Waals surface area (Å²) in [6.45, 7) is 4.76. The van der Waals surface area contributed by atoms with Gasteiger partial charge in [0.25, 0.3) is 0 Å². The molecular weight excluding hydrogens is 264 g/mol. The molecule has 0 spiro atoms. The average Bonchev–Trinajstić information content (AvgIpc) is 2.38. The van der Waals surface area contributed by atoms with Gasteiger partial charge in [-0.2, -0.15) is 0 Å². The van der Waals surface area contributed by atoms with E-state index in [0.717, 1.165) is 31.7 Å². The molecule has 1 atom stereocenters. The number of aromatic carboxylic acids is 1. The molecule has 0 radical (unpaired) electrons. The fourth-order valence-corrected chi connectivity index (χ4v) is 2.84. The summed E-state index contributed by atoms with van der Waals surface area (Å²) in [5.74, 6) is -0.965. The van der Waals surface area contributed by atoms with Gasteiger partial charge in [-0.3, -0.25) is 4.90 Å². The van der Waals surface area contributed by atoms with Crippen LogP contribution in [0.2, 0.25) is 5.02 Å². The molecule has 19 heavy (non-hydrogen) atoms. The van der Waals surface area contributed by atoms with Crippen molar-refractivity contribution in [1.29, 1.82) is 0 Å². The van der Waals surface area contributed by atoms with Crippen LogP contribution in [-0.2, 0) is 0 Å². The first-order valence-corrected chi connectivity index (χ1v) is 6.89. The van der Waals surface area contributed by atoms with E-state index in [-0.39, 0.29) is 5.56 Å². The zero-order valence-corrected chi connectivity index (χ0v) is 12.0. The van der Waals surface area contributed by atoms with Crippen LogP contribution in [0.15, 0.2) is 18.2 Å². The van der Waals surface area contributed by atoms with Gasteiger partial charge in [0.15, 0.2) is 0 Å². The van der Waals surface area contributed by atoms with Gasteiger partial charge in [-0.25, -0.2) is 4.79 Å². The lowest BCUT2D eigenvalue weighted by molar-refractivity contribution is 0.0697. The molecule has 1 unspecified atom stereocenters. The van der Waals surface area contributed by atoms with Crippen LogP contribution in [-0.4, -0.2) is 48.7 Å². The molecule has 0 amide bonds. The van der Waals surface area contributed by atoms with Gasteiger partial charge in [0.1, 0.15) is 5.56 Å². The largest absolute Gasteiger partial charge is 0.478 e. The summed E-state index contributed by atoms with van der Waals surface area (Å²) in [6, 6.07) is 5.73. The molecule has 1 N–H and O–H groups in total. The number of anilines is 1. The highest BCUT2D eigenvalue weighted by molar-refractivity contribution is 6.34. The van der Waals surface area contributed by atoms with Gasteiger partial charge in [0, 0.05) is 25.7 Å². The van der Waals surface area contributed by atoms with Gasteiger partial charge in [-0.1, -0.05) is 24.6 Å². The minimum absolute atomic E-state index is 0.212. The summed E-state index contributed by atoms with van der Waals surface area (Å²) in [5, 5.41) is 9.63. The van der Waals surface area contributed by atoms with Crippen molar-refractivity contribution in [2.75, 3.05) is 31.6 Å². The lowest BCUT2D eigenvalue weighted by atomic mass is 10.1. The molecule has 1 heterocycles. The van der Waals surface area contributed by atoms with Crippen LogP contribution in [0.4, 0.5) is 5.69 Å². The molecule has 1 fully saturated rings. The molecule has 1 saturated heterocycles. The fraction of sp³-hybridized carbons (Fsp3) is 0.500. The van der Waals surface area contributed by atoms with E-state index in [1.807, 2.05) is 12.1 Å². The van der Waals surface area contributed by atoms with Crippen molar-refractivity contribution in [1.82, 2.24) is 4.90 Å². The van der Waals surface area contributed by atoms with Gasteiger partial charge in [-0.05, 0) is 25.6 Å². The van der Waals surface area contributed by atoms with Crippen LogP contribution in [0.3, 0.4) is 0 Å². The van der Waals surface area contributed by atoms with Crippen molar-refractivity contribution in [3.63, 3.8) is 0 Å². The minimum Gasteiger partial charge on any atom is -0.478 e. The van der Waals surface area contributed by atoms with Crippen molar-refractivity contribution in [2.24, 2.45) is 0 Å². The third-order valence-electron chi connectivity index (χ3n) is 3.79. The van der Waals surface area contributed by atoms with E-state index in [0.29, 0.717) is 11.1 Å². The van der Waals surface area contributed by atoms with Crippen LogP contribution >= 0.6 is 11.6 Å². The molecule has 1 aromatic rings. The zero-order chi connectivity index (χ0) is 14.0. The predicted molar refractivity (Wildman–Crippen MR) is 77.3 cm³/mol. The van der Waals surface area contributed by atoms with Crippen LogP contribution in [0.25, 0.3) is 0 Å². The standard InChI is InChI=1S/C14H19ClN2O2/c1-3-10-9-17(8-7-16(10)2)12-6-4-5-11(15)13(12)14(18)19/h4-6,10H,3,7-9H2,1-2H3,(H,18,19). The van der Waals surface area contributed by atoms with Crippen molar-refractivity contribution >= 4 is 23.3 Å². The van der Waals surface area contributed by atoms with E-state index in [2.05, 4.69) is 23.8 Å². The number of piperazine rings is 1. The molecule has 1 aliphatic heterocycles. The van der Waals surface area contributed by atoms with Crippen LogP contribution in [0.5, 0.6) is 0 Å². The number of hydrogen-bond donors (Lipinski definition) is 1. The number of nitrogens with zero attached hydrogens (tertiary/aromatic N) is 2. The maximum absolute atomic E-state index is 11.4. The second kappa shape index (κ2) is 5.80. The molecule has 0 bridgehead atoms. The third kappa shape index (κ3) is 2.85. The van der Waals surface area contributed by atoms with Crippen LogP contribution in [0, 0.1) is 0 Å². The first-order valence-electron chi connectivity index (χ1n) is 6.51. The van der Waals surface area contributed by atoms with E-state index < -0.39 is 5.97 Å². The maximum atomic E-state index is 11.4. The van der Waals surface area contributed by atoms with Crippen molar-refractivity contribution < 1.29 is 9.90 Å². The molecule has 1 aliphatic rings. The Morgan fingerprint density at radius 2 is 2.21 bits per heavy atom. The second-order valence-corrected chi connectivity index (χ2v) is 5.34. The number of carboxylic acids is 1. The fourth-order valence-electron chi connectivity index (χ4n) is 2.59. The molecule has 104 valence electrons. The number of benzene rings is 1.